The van der Waals surface area contributed by atoms with E-state index in [0.717, 1.165) is 38.9 Å². The van der Waals surface area contributed by atoms with Crippen LogP contribution in [0.5, 0.6) is 0 Å². The molecule has 4 rings (SSSR count). The minimum atomic E-state index is -0.0568. The Morgan fingerprint density at radius 1 is 1.31 bits per heavy atom. The molecule has 0 unspecified atom stereocenters. The zero-order chi connectivity index (χ0) is 20.2. The summed E-state index contributed by atoms with van der Waals surface area (Å²) in [5.74, 6) is 0.991. The molecule has 0 bridgehead atoms. The maximum Gasteiger partial charge on any atom is 0.276 e. The summed E-state index contributed by atoms with van der Waals surface area (Å²) in [6.07, 6.45) is 5.98. The highest BCUT2D eigenvalue weighted by Crippen LogP contribution is 2.29. The third kappa shape index (κ3) is 4.54. The van der Waals surface area contributed by atoms with E-state index in [4.69, 9.17) is 9.15 Å². The monoisotopic (exact) mass is 397 g/mol. The van der Waals surface area contributed by atoms with Crippen LogP contribution in [0.2, 0.25) is 0 Å². The van der Waals surface area contributed by atoms with Gasteiger partial charge in [0.05, 0.1) is 6.61 Å². The third-order valence-corrected chi connectivity index (χ3v) is 6.37. The molecule has 1 aromatic heterocycles. The number of hydrogen-bond acceptors (Lipinski definition) is 5. The van der Waals surface area contributed by atoms with Crippen molar-refractivity contribution in [3.63, 3.8) is 0 Å². The van der Waals surface area contributed by atoms with Crippen LogP contribution in [0.4, 0.5) is 0 Å². The van der Waals surface area contributed by atoms with Crippen molar-refractivity contribution in [3.05, 3.63) is 53.2 Å². The molecule has 0 spiro atoms. The molecule has 1 fully saturated rings. The smallest absolute Gasteiger partial charge is 0.276 e. The van der Waals surface area contributed by atoms with Crippen molar-refractivity contribution in [2.75, 3.05) is 39.9 Å². The number of carbonyl (C=O) groups excluding carboxylic acids is 1. The summed E-state index contributed by atoms with van der Waals surface area (Å²) in [6.45, 7) is 5.83. The topological polar surface area (TPSA) is 58.8 Å². The van der Waals surface area contributed by atoms with Gasteiger partial charge in [-0.05, 0) is 56.2 Å². The van der Waals surface area contributed by atoms with E-state index in [1.54, 1.807) is 14.0 Å². The lowest BCUT2D eigenvalue weighted by atomic mass is 9.95. The molecule has 2 aromatic rings. The molecule has 1 atom stereocenters. The van der Waals surface area contributed by atoms with Gasteiger partial charge in [0.25, 0.3) is 5.91 Å². The first-order valence-electron chi connectivity index (χ1n) is 10.6. The maximum absolute atomic E-state index is 13.0. The fourth-order valence-electron chi connectivity index (χ4n) is 4.82. The van der Waals surface area contributed by atoms with Crippen LogP contribution in [0.1, 0.15) is 40.2 Å². The number of amides is 1. The highest BCUT2D eigenvalue weighted by Gasteiger charge is 2.32. The fraction of sp³-hybridized carbons (Fsp3) is 0.565. The Morgan fingerprint density at radius 2 is 2.07 bits per heavy atom. The second-order valence-electron chi connectivity index (χ2n) is 8.34. The molecular formula is C23H31N3O3. The standard InChI is InChI=1S/C23H31N3O3/c1-17-22(24-16-29-17)23(27)26(10-11-28-2)15-18-6-5-9-25(14-18)21-12-19-7-3-4-8-20(19)13-21/h3-4,7-8,16,18,21H,5-6,9-15H2,1-2H3/t18-/m1/s1. The fourth-order valence-corrected chi connectivity index (χ4v) is 4.82. The first-order chi connectivity index (χ1) is 14.2. The predicted molar refractivity (Wildman–Crippen MR) is 111 cm³/mol. The summed E-state index contributed by atoms with van der Waals surface area (Å²) in [7, 11) is 1.67. The van der Waals surface area contributed by atoms with Gasteiger partial charge in [-0.15, -0.1) is 0 Å². The number of methoxy groups -OCH3 is 1. The first-order valence-corrected chi connectivity index (χ1v) is 10.6. The molecule has 1 aromatic carbocycles. The van der Waals surface area contributed by atoms with Crippen LogP contribution in [-0.2, 0) is 17.6 Å². The molecule has 29 heavy (non-hydrogen) atoms. The minimum absolute atomic E-state index is 0.0568. The van der Waals surface area contributed by atoms with E-state index in [1.807, 2.05) is 4.90 Å². The van der Waals surface area contributed by atoms with E-state index in [1.165, 1.54) is 23.9 Å². The predicted octanol–water partition coefficient (Wildman–Crippen LogP) is 2.95. The molecule has 156 valence electrons. The summed E-state index contributed by atoms with van der Waals surface area (Å²) in [5, 5.41) is 0. The van der Waals surface area contributed by atoms with Crippen molar-refractivity contribution >= 4 is 5.91 Å². The van der Waals surface area contributed by atoms with Crippen LogP contribution in [0.15, 0.2) is 35.1 Å². The number of benzene rings is 1. The Morgan fingerprint density at radius 3 is 2.72 bits per heavy atom. The van der Waals surface area contributed by atoms with E-state index in [2.05, 4.69) is 34.1 Å². The molecule has 1 amide bonds. The van der Waals surface area contributed by atoms with Crippen molar-refractivity contribution in [2.45, 2.75) is 38.6 Å². The molecule has 1 saturated heterocycles. The van der Waals surface area contributed by atoms with Gasteiger partial charge in [0.2, 0.25) is 0 Å². The van der Waals surface area contributed by atoms with Crippen LogP contribution >= 0.6 is 0 Å². The molecule has 6 nitrogen and oxygen atoms in total. The van der Waals surface area contributed by atoms with Gasteiger partial charge in [-0.3, -0.25) is 9.69 Å². The van der Waals surface area contributed by atoms with Gasteiger partial charge >= 0.3 is 0 Å². The van der Waals surface area contributed by atoms with Crippen molar-refractivity contribution in [1.82, 2.24) is 14.8 Å². The number of oxazole rings is 1. The number of ether oxygens (including phenoxy) is 1. The molecular weight excluding hydrogens is 366 g/mol. The van der Waals surface area contributed by atoms with E-state index < -0.39 is 0 Å². The number of fused-ring (bicyclic) bond motifs is 1. The summed E-state index contributed by atoms with van der Waals surface area (Å²) in [6, 6.07) is 9.41. The van der Waals surface area contributed by atoms with E-state index in [0.29, 0.717) is 36.6 Å². The lowest BCUT2D eigenvalue weighted by molar-refractivity contribution is 0.0567. The third-order valence-electron chi connectivity index (χ3n) is 6.37. The van der Waals surface area contributed by atoms with Gasteiger partial charge < -0.3 is 14.1 Å². The quantitative estimate of drug-likeness (QED) is 0.719. The number of carbonyl (C=O) groups is 1. The maximum atomic E-state index is 13.0. The Balaban J connectivity index is 1.40. The SMILES string of the molecule is COCCN(C[C@@H]1CCCN(C2Cc3ccccc3C2)C1)C(=O)c1ncoc1C. The van der Waals surface area contributed by atoms with E-state index in [9.17, 15) is 4.79 Å². The summed E-state index contributed by atoms with van der Waals surface area (Å²) >= 11 is 0. The molecule has 2 heterocycles. The van der Waals surface area contributed by atoms with Crippen molar-refractivity contribution in [2.24, 2.45) is 5.92 Å². The number of aryl methyl sites for hydroxylation is 1. The van der Waals surface area contributed by atoms with E-state index >= 15 is 0 Å². The first kappa shape index (κ1) is 20.1. The van der Waals surface area contributed by atoms with Crippen LogP contribution in [-0.4, -0.2) is 66.6 Å². The zero-order valence-electron chi connectivity index (χ0n) is 17.5. The molecule has 2 aliphatic rings. The van der Waals surface area contributed by atoms with Crippen LogP contribution in [0, 0.1) is 12.8 Å². The lowest BCUT2D eigenvalue weighted by Crippen LogP contribution is -2.47. The van der Waals surface area contributed by atoms with Crippen molar-refractivity contribution < 1.29 is 13.9 Å². The lowest BCUT2D eigenvalue weighted by Gasteiger charge is -2.38. The number of piperidine rings is 1. The van der Waals surface area contributed by atoms with Gasteiger partial charge in [-0.2, -0.15) is 0 Å². The van der Waals surface area contributed by atoms with Crippen LogP contribution < -0.4 is 0 Å². The Bertz CT molecular complexity index is 809. The molecule has 1 aliphatic heterocycles. The van der Waals surface area contributed by atoms with Crippen molar-refractivity contribution in [3.8, 4) is 0 Å². The van der Waals surface area contributed by atoms with Gasteiger partial charge in [-0.1, -0.05) is 24.3 Å². The highest BCUT2D eigenvalue weighted by molar-refractivity contribution is 5.93. The van der Waals surface area contributed by atoms with Gasteiger partial charge in [0.1, 0.15) is 5.76 Å². The molecule has 0 radical (unpaired) electrons. The Kier molecular flexibility index (Phi) is 6.31. The Hall–Kier alpha value is -2.18. The summed E-state index contributed by atoms with van der Waals surface area (Å²) < 4.78 is 10.5. The summed E-state index contributed by atoms with van der Waals surface area (Å²) in [4.78, 5) is 21.7. The number of likely N-dealkylation sites (tertiary alicyclic amines) is 1. The number of hydrogen-bond donors (Lipinski definition) is 0. The molecule has 0 N–H and O–H groups in total. The second-order valence-corrected chi connectivity index (χ2v) is 8.34. The van der Waals surface area contributed by atoms with Crippen LogP contribution in [0.3, 0.4) is 0 Å². The largest absolute Gasteiger partial charge is 0.448 e. The van der Waals surface area contributed by atoms with Crippen LogP contribution in [0.25, 0.3) is 0 Å². The second kappa shape index (κ2) is 9.09. The average Bonchev–Trinajstić information content (AvgIpc) is 3.37. The average molecular weight is 398 g/mol. The number of aromatic nitrogens is 1. The van der Waals surface area contributed by atoms with Gasteiger partial charge in [0.15, 0.2) is 12.1 Å². The summed E-state index contributed by atoms with van der Waals surface area (Å²) in [5.41, 5.74) is 3.41. The minimum Gasteiger partial charge on any atom is -0.448 e. The van der Waals surface area contributed by atoms with E-state index in [-0.39, 0.29) is 5.91 Å². The number of nitrogens with zero attached hydrogens (tertiary/aromatic N) is 3. The molecule has 6 heteroatoms. The van der Waals surface area contributed by atoms with Gasteiger partial charge in [-0.25, -0.2) is 4.98 Å². The van der Waals surface area contributed by atoms with Gasteiger partial charge in [0, 0.05) is 32.8 Å². The number of rotatable bonds is 7. The highest BCUT2D eigenvalue weighted by atomic mass is 16.5. The Labute approximate surface area is 172 Å². The van der Waals surface area contributed by atoms with Crippen molar-refractivity contribution in [1.29, 1.82) is 0 Å². The molecule has 0 saturated carbocycles. The molecule has 1 aliphatic carbocycles. The normalized spacial score (nSPS) is 20.0. The zero-order valence-corrected chi connectivity index (χ0v) is 17.5.